The van der Waals surface area contributed by atoms with E-state index >= 15 is 4.39 Å². The molecular formula is C25H24F2N8O. The van der Waals surface area contributed by atoms with E-state index in [1.165, 1.54) is 18.3 Å². The zero-order valence-electron chi connectivity index (χ0n) is 19.7. The van der Waals surface area contributed by atoms with Gasteiger partial charge in [-0.3, -0.25) is 4.98 Å². The Hall–Kier alpha value is -3.91. The molecule has 5 heterocycles. The Bertz CT molecular complexity index is 1460. The maximum atomic E-state index is 15.5. The van der Waals surface area contributed by atoms with Gasteiger partial charge in [0.05, 0.1) is 29.8 Å². The van der Waals surface area contributed by atoms with E-state index in [9.17, 15) is 9.65 Å². The molecule has 1 saturated carbocycles. The summed E-state index contributed by atoms with van der Waals surface area (Å²) in [6.45, 7) is 3.83. The molecule has 1 atom stereocenters. The summed E-state index contributed by atoms with van der Waals surface area (Å²) < 4.78 is 38.7. The molecule has 0 amide bonds. The summed E-state index contributed by atoms with van der Waals surface area (Å²) in [7, 11) is 0. The lowest BCUT2D eigenvalue weighted by Gasteiger charge is -2.23. The molecule has 0 spiro atoms. The number of hydrogen-bond donors (Lipinski definition) is 1. The maximum absolute atomic E-state index is 15.5. The second-order valence-electron chi connectivity index (χ2n) is 9.44. The summed E-state index contributed by atoms with van der Waals surface area (Å²) in [6.07, 6.45) is 5.73. The zero-order valence-corrected chi connectivity index (χ0v) is 19.7. The minimum absolute atomic E-state index is 0.261. The van der Waals surface area contributed by atoms with Crippen LogP contribution in [0.2, 0.25) is 0 Å². The smallest absolute Gasteiger partial charge is 0.174 e. The van der Waals surface area contributed by atoms with E-state index in [-0.39, 0.29) is 17.5 Å². The summed E-state index contributed by atoms with van der Waals surface area (Å²) in [5.74, 6) is -0.238. The number of piperidine rings is 1. The summed E-state index contributed by atoms with van der Waals surface area (Å²) in [5.41, 5.74) is 1.61. The van der Waals surface area contributed by atoms with Crippen LogP contribution < -0.4 is 10.1 Å². The monoisotopic (exact) mass is 490 g/mol. The number of pyridine rings is 2. The van der Waals surface area contributed by atoms with Crippen LogP contribution in [-0.2, 0) is 0 Å². The number of fused-ring (bicyclic) bond motifs is 1. The standard InChI is InChI=1S/C25H24F2N8O/c1-15-22(32-33-35(15)19-4-8-29-9-5-19)16-10-21(23-17(11-28)12-31-34(23)14-16)36-24(25(27)6-7-25)20-3-2-18(26)13-30-20/h2-3,10,12-14,19,24,29H,4-9H2,1H3. The van der Waals surface area contributed by atoms with Gasteiger partial charge in [-0.2, -0.15) is 10.4 Å². The van der Waals surface area contributed by atoms with Gasteiger partial charge in [0.2, 0.25) is 0 Å². The van der Waals surface area contributed by atoms with Crippen molar-refractivity contribution in [3.8, 4) is 23.1 Å². The molecule has 2 fully saturated rings. The van der Waals surface area contributed by atoms with Crippen molar-refractivity contribution in [3.05, 3.63) is 59.6 Å². The van der Waals surface area contributed by atoms with E-state index in [0.29, 0.717) is 35.2 Å². The number of nitrogens with zero attached hydrogens (tertiary/aromatic N) is 7. The van der Waals surface area contributed by atoms with E-state index < -0.39 is 17.6 Å². The number of hydrogen-bond acceptors (Lipinski definition) is 7. The number of nitrogens with one attached hydrogen (secondary N) is 1. The average molecular weight is 491 g/mol. The fourth-order valence-corrected chi connectivity index (χ4v) is 4.87. The second kappa shape index (κ2) is 8.64. The van der Waals surface area contributed by atoms with Crippen molar-refractivity contribution in [3.63, 3.8) is 0 Å². The molecule has 1 N–H and O–H groups in total. The van der Waals surface area contributed by atoms with Gasteiger partial charge in [0.1, 0.15) is 34.4 Å². The number of aromatic nitrogens is 6. The molecule has 1 saturated heterocycles. The van der Waals surface area contributed by atoms with E-state index in [2.05, 4.69) is 31.8 Å². The zero-order chi connectivity index (χ0) is 24.9. The highest BCUT2D eigenvalue weighted by Crippen LogP contribution is 2.51. The summed E-state index contributed by atoms with van der Waals surface area (Å²) in [6, 6.07) is 6.79. The molecule has 11 heteroatoms. The van der Waals surface area contributed by atoms with Crippen molar-refractivity contribution in [1.82, 2.24) is 34.9 Å². The minimum atomic E-state index is -1.63. The normalized spacial score (nSPS) is 18.2. The molecule has 1 unspecified atom stereocenters. The number of alkyl halides is 1. The Morgan fingerprint density at radius 1 is 1.25 bits per heavy atom. The highest BCUT2D eigenvalue weighted by molar-refractivity contribution is 5.75. The molecule has 0 bridgehead atoms. The molecule has 1 aliphatic heterocycles. The van der Waals surface area contributed by atoms with Gasteiger partial charge >= 0.3 is 0 Å². The van der Waals surface area contributed by atoms with Crippen molar-refractivity contribution in [1.29, 1.82) is 5.26 Å². The predicted octanol–water partition coefficient (Wildman–Crippen LogP) is 3.85. The fourth-order valence-electron chi connectivity index (χ4n) is 4.87. The van der Waals surface area contributed by atoms with Crippen LogP contribution in [0.15, 0.2) is 36.8 Å². The Morgan fingerprint density at radius 3 is 2.75 bits per heavy atom. The number of nitriles is 1. The van der Waals surface area contributed by atoms with Gasteiger partial charge in [0.25, 0.3) is 0 Å². The Morgan fingerprint density at radius 2 is 2.06 bits per heavy atom. The molecule has 6 rings (SSSR count). The van der Waals surface area contributed by atoms with Crippen molar-refractivity contribution in [2.75, 3.05) is 13.1 Å². The largest absolute Gasteiger partial charge is 0.478 e. The topological polar surface area (TPSA) is 106 Å². The van der Waals surface area contributed by atoms with Crippen molar-refractivity contribution in [2.45, 2.75) is 50.4 Å². The van der Waals surface area contributed by atoms with Gasteiger partial charge in [0, 0.05) is 11.8 Å². The first-order valence-corrected chi connectivity index (χ1v) is 12.0. The van der Waals surface area contributed by atoms with E-state index in [1.54, 1.807) is 16.8 Å². The third-order valence-electron chi connectivity index (χ3n) is 7.01. The van der Waals surface area contributed by atoms with Crippen LogP contribution in [0.1, 0.15) is 54.8 Å². The predicted molar refractivity (Wildman–Crippen MR) is 125 cm³/mol. The molecule has 0 aromatic carbocycles. The van der Waals surface area contributed by atoms with E-state index in [0.717, 1.165) is 37.8 Å². The molecule has 184 valence electrons. The second-order valence-corrected chi connectivity index (χ2v) is 9.44. The Kier molecular flexibility index (Phi) is 5.41. The summed E-state index contributed by atoms with van der Waals surface area (Å²) in [4.78, 5) is 4.08. The molecule has 36 heavy (non-hydrogen) atoms. The first-order chi connectivity index (χ1) is 17.5. The number of halogens is 2. The lowest BCUT2D eigenvalue weighted by atomic mass is 10.1. The van der Waals surface area contributed by atoms with Crippen LogP contribution in [0.5, 0.6) is 5.75 Å². The molecular weight excluding hydrogens is 466 g/mol. The molecule has 2 aliphatic rings. The third-order valence-corrected chi connectivity index (χ3v) is 7.01. The maximum Gasteiger partial charge on any atom is 0.174 e. The number of rotatable bonds is 6. The van der Waals surface area contributed by atoms with Crippen molar-refractivity contribution in [2.24, 2.45) is 0 Å². The van der Waals surface area contributed by atoms with Crippen molar-refractivity contribution >= 4 is 5.52 Å². The SMILES string of the molecule is Cc1c(-c2cc(OC(c3ccc(F)cn3)C3(F)CC3)c3c(C#N)cnn3c2)nnn1C1CCNCC1. The Balaban J connectivity index is 1.44. The quantitative estimate of drug-likeness (QED) is 0.438. The highest BCUT2D eigenvalue weighted by atomic mass is 19.1. The highest BCUT2D eigenvalue weighted by Gasteiger charge is 2.53. The Labute approximate surface area is 205 Å². The molecule has 4 aromatic rings. The summed E-state index contributed by atoms with van der Waals surface area (Å²) in [5, 5.41) is 26.2. The van der Waals surface area contributed by atoms with Crippen LogP contribution in [-0.4, -0.2) is 48.4 Å². The van der Waals surface area contributed by atoms with Gasteiger partial charge in [-0.05, 0) is 63.9 Å². The summed E-state index contributed by atoms with van der Waals surface area (Å²) >= 11 is 0. The van der Waals surface area contributed by atoms with Crippen LogP contribution in [0.4, 0.5) is 8.78 Å². The minimum Gasteiger partial charge on any atom is -0.478 e. The average Bonchev–Trinajstić information content (AvgIpc) is 3.32. The third kappa shape index (κ3) is 3.87. The van der Waals surface area contributed by atoms with Crippen LogP contribution >= 0.6 is 0 Å². The van der Waals surface area contributed by atoms with Gasteiger partial charge < -0.3 is 10.1 Å². The van der Waals surface area contributed by atoms with Gasteiger partial charge in [-0.25, -0.2) is 18.0 Å². The van der Waals surface area contributed by atoms with Gasteiger partial charge in [-0.15, -0.1) is 5.10 Å². The van der Waals surface area contributed by atoms with Gasteiger partial charge in [0.15, 0.2) is 11.8 Å². The van der Waals surface area contributed by atoms with Gasteiger partial charge in [-0.1, -0.05) is 5.21 Å². The molecule has 4 aromatic heterocycles. The van der Waals surface area contributed by atoms with Crippen LogP contribution in [0, 0.1) is 24.1 Å². The lowest BCUT2D eigenvalue weighted by molar-refractivity contribution is 0.0799. The first-order valence-electron chi connectivity index (χ1n) is 12.0. The molecule has 9 nitrogen and oxygen atoms in total. The molecule has 0 radical (unpaired) electrons. The van der Waals surface area contributed by atoms with Crippen molar-refractivity contribution < 1.29 is 13.5 Å². The van der Waals surface area contributed by atoms with E-state index in [4.69, 9.17) is 4.74 Å². The molecule has 1 aliphatic carbocycles. The van der Waals surface area contributed by atoms with Crippen LogP contribution in [0.25, 0.3) is 16.8 Å². The fraction of sp³-hybridized carbons (Fsp3) is 0.400. The van der Waals surface area contributed by atoms with E-state index in [1.807, 2.05) is 11.6 Å². The van der Waals surface area contributed by atoms with Crippen LogP contribution in [0.3, 0.4) is 0 Å². The number of ether oxygens (including phenoxy) is 1. The lowest BCUT2D eigenvalue weighted by Crippen LogP contribution is -2.30. The first kappa shape index (κ1) is 22.5.